The first-order valence-corrected chi connectivity index (χ1v) is 23.2. The Morgan fingerprint density at radius 2 is 1.57 bits per heavy atom. The first-order chi connectivity index (χ1) is 30.5. The molecule has 14 nitrogen and oxygen atoms in total. The first-order valence-electron chi connectivity index (χ1n) is 22.8. The molecule has 3 amide bonds. The third-order valence-corrected chi connectivity index (χ3v) is 12.9. The third-order valence-electron chi connectivity index (χ3n) is 12.6. The SMILES string of the molecule is CCCCc1nc(Cl)c(C(=O)NCCCCCCNC(=O)C2CCC(NC(=O)C3(CC(COCCOC)C(=O)O)CCCC3)CC2)n1Cc1ccc(-c2ccccc2C(=O)O)cc1. The van der Waals surface area contributed by atoms with Gasteiger partial charge in [0, 0.05) is 45.1 Å². The predicted octanol–water partition coefficient (Wildman–Crippen LogP) is 7.69. The number of nitrogens with zero attached hydrogens (tertiary/aromatic N) is 2. The van der Waals surface area contributed by atoms with Crippen LogP contribution in [0.3, 0.4) is 0 Å². The molecule has 15 heteroatoms. The van der Waals surface area contributed by atoms with Gasteiger partial charge in [0.1, 0.15) is 11.5 Å². The molecule has 5 N–H and O–H groups in total. The number of aryl methyl sites for hydroxylation is 1. The van der Waals surface area contributed by atoms with E-state index in [0.717, 1.165) is 68.3 Å². The lowest BCUT2D eigenvalue weighted by molar-refractivity contribution is -0.147. The lowest BCUT2D eigenvalue weighted by Crippen LogP contribution is -2.48. The average Bonchev–Trinajstić information content (AvgIpc) is 3.89. The number of rotatable bonds is 26. The maximum absolute atomic E-state index is 13.7. The number of amides is 3. The number of methoxy groups -OCH3 is 1. The number of carbonyl (C=O) groups is 5. The van der Waals surface area contributed by atoms with Gasteiger partial charge in [-0.05, 0) is 87.0 Å². The van der Waals surface area contributed by atoms with E-state index in [1.165, 1.54) is 0 Å². The summed E-state index contributed by atoms with van der Waals surface area (Å²) in [5.74, 6) is -2.36. The minimum absolute atomic E-state index is 0.0322. The highest BCUT2D eigenvalue weighted by Crippen LogP contribution is 2.44. The van der Waals surface area contributed by atoms with E-state index in [4.69, 9.17) is 21.1 Å². The highest BCUT2D eigenvalue weighted by molar-refractivity contribution is 6.32. The molecular formula is C48H66ClN5O9. The molecule has 2 saturated carbocycles. The van der Waals surface area contributed by atoms with Crippen molar-refractivity contribution in [1.82, 2.24) is 25.5 Å². The van der Waals surface area contributed by atoms with E-state index < -0.39 is 23.3 Å². The summed E-state index contributed by atoms with van der Waals surface area (Å²) in [5, 5.41) is 29.0. The van der Waals surface area contributed by atoms with Crippen molar-refractivity contribution in [2.45, 2.75) is 122 Å². The van der Waals surface area contributed by atoms with Crippen molar-refractivity contribution in [2.75, 3.05) is 40.0 Å². The standard InChI is InChI=1S/C48H66ClN5O9/c1-3-4-15-40-53-42(49)41(54(40)31-33-16-18-34(19-17-33)38-13-7-8-14-39(38)46(59)60)44(56)51-27-12-6-5-11-26-50-43(55)35-20-22-37(23-21-35)52-47(61)48(24-9-10-25-48)30-36(45(57)58)32-63-29-28-62-2/h7-8,13-14,16-19,35-37H,3-6,9-12,15,20-32H2,1-2H3,(H,50,55)(H,51,56)(H,52,61)(H,57,58)(H,59,60). The number of imidazole rings is 1. The largest absolute Gasteiger partial charge is 0.481 e. The molecule has 0 bridgehead atoms. The van der Waals surface area contributed by atoms with Gasteiger partial charge >= 0.3 is 11.9 Å². The number of carboxylic acids is 2. The Morgan fingerprint density at radius 3 is 2.22 bits per heavy atom. The molecule has 1 atom stereocenters. The van der Waals surface area contributed by atoms with Crippen LogP contribution in [0.25, 0.3) is 11.1 Å². The van der Waals surface area contributed by atoms with Crippen LogP contribution in [-0.2, 0) is 36.8 Å². The number of carboxylic acid groups (broad SMARTS) is 2. The van der Waals surface area contributed by atoms with E-state index >= 15 is 0 Å². The van der Waals surface area contributed by atoms with E-state index in [1.807, 2.05) is 34.9 Å². The summed E-state index contributed by atoms with van der Waals surface area (Å²) in [5.41, 5.74) is 2.20. The fourth-order valence-corrected chi connectivity index (χ4v) is 9.27. The van der Waals surface area contributed by atoms with Crippen molar-refractivity contribution in [1.29, 1.82) is 0 Å². The van der Waals surface area contributed by atoms with Crippen molar-refractivity contribution in [2.24, 2.45) is 17.3 Å². The Balaban J connectivity index is 1.01. The number of aliphatic carboxylic acids is 1. The van der Waals surface area contributed by atoms with Gasteiger partial charge in [0.2, 0.25) is 11.8 Å². The maximum atomic E-state index is 13.7. The summed E-state index contributed by atoms with van der Waals surface area (Å²) < 4.78 is 12.4. The summed E-state index contributed by atoms with van der Waals surface area (Å²) in [7, 11) is 1.56. The van der Waals surface area contributed by atoms with Gasteiger partial charge in [0.25, 0.3) is 5.91 Å². The molecule has 2 aliphatic carbocycles. The van der Waals surface area contributed by atoms with Gasteiger partial charge in [0.15, 0.2) is 5.15 Å². The number of hydrogen-bond acceptors (Lipinski definition) is 8. The molecule has 0 saturated heterocycles. The molecule has 1 aromatic heterocycles. The Labute approximate surface area is 376 Å². The minimum atomic E-state index is -0.985. The number of unbranched alkanes of at least 4 members (excludes halogenated alkanes) is 4. The number of hydrogen-bond donors (Lipinski definition) is 5. The molecule has 2 aromatic carbocycles. The molecule has 344 valence electrons. The zero-order valence-corrected chi connectivity index (χ0v) is 37.7. The third kappa shape index (κ3) is 14.1. The number of carbonyl (C=O) groups excluding carboxylic acids is 3. The molecule has 0 spiro atoms. The second kappa shape index (κ2) is 24.9. The fraction of sp³-hybridized carbons (Fsp3) is 0.583. The number of halogens is 1. The van der Waals surface area contributed by atoms with Crippen LogP contribution in [0.1, 0.15) is 135 Å². The van der Waals surface area contributed by atoms with E-state index in [2.05, 4.69) is 27.9 Å². The number of nitrogens with one attached hydrogen (secondary N) is 3. The van der Waals surface area contributed by atoms with Crippen molar-refractivity contribution < 1.29 is 43.7 Å². The van der Waals surface area contributed by atoms with E-state index in [-0.39, 0.29) is 53.4 Å². The predicted molar refractivity (Wildman–Crippen MR) is 241 cm³/mol. The van der Waals surface area contributed by atoms with Crippen LogP contribution in [0.15, 0.2) is 48.5 Å². The van der Waals surface area contributed by atoms with Gasteiger partial charge in [-0.3, -0.25) is 19.2 Å². The zero-order chi connectivity index (χ0) is 45.2. The minimum Gasteiger partial charge on any atom is -0.481 e. The lowest BCUT2D eigenvalue weighted by Gasteiger charge is -2.34. The van der Waals surface area contributed by atoms with E-state index in [9.17, 15) is 34.2 Å². The Morgan fingerprint density at radius 1 is 0.889 bits per heavy atom. The van der Waals surface area contributed by atoms with Gasteiger partial charge in [-0.15, -0.1) is 0 Å². The summed E-state index contributed by atoms with van der Waals surface area (Å²) in [6.07, 6.45) is 12.1. The summed E-state index contributed by atoms with van der Waals surface area (Å²) >= 11 is 6.60. The molecule has 5 rings (SSSR count). The van der Waals surface area contributed by atoms with Crippen LogP contribution in [0.4, 0.5) is 0 Å². The van der Waals surface area contributed by atoms with E-state index in [1.54, 1.807) is 25.3 Å². The van der Waals surface area contributed by atoms with Gasteiger partial charge in [-0.2, -0.15) is 0 Å². The van der Waals surface area contributed by atoms with Gasteiger partial charge in [-0.1, -0.05) is 93.1 Å². The monoisotopic (exact) mass is 891 g/mol. The van der Waals surface area contributed by atoms with Crippen LogP contribution < -0.4 is 16.0 Å². The smallest absolute Gasteiger partial charge is 0.336 e. The molecule has 0 radical (unpaired) electrons. The van der Waals surface area contributed by atoms with Gasteiger partial charge < -0.3 is 40.2 Å². The fourth-order valence-electron chi connectivity index (χ4n) is 8.99. The number of benzene rings is 2. The Hall–Kier alpha value is -4.79. The summed E-state index contributed by atoms with van der Waals surface area (Å²) in [6.45, 7) is 4.27. The van der Waals surface area contributed by atoms with Crippen LogP contribution in [0, 0.1) is 17.3 Å². The Bertz CT molecular complexity index is 1970. The first kappa shape index (κ1) is 49.2. The van der Waals surface area contributed by atoms with Gasteiger partial charge in [0.05, 0.1) is 36.7 Å². The summed E-state index contributed by atoms with van der Waals surface area (Å²) in [6, 6.07) is 14.5. The van der Waals surface area contributed by atoms with Crippen molar-refractivity contribution in [3.63, 3.8) is 0 Å². The molecule has 1 heterocycles. The van der Waals surface area contributed by atoms with Crippen molar-refractivity contribution in [3.05, 3.63) is 76.3 Å². The van der Waals surface area contributed by atoms with Crippen molar-refractivity contribution in [3.8, 4) is 11.1 Å². The average molecular weight is 893 g/mol. The number of aromatic carboxylic acids is 1. The van der Waals surface area contributed by atoms with Crippen LogP contribution in [-0.4, -0.2) is 95.5 Å². The molecule has 3 aromatic rings. The number of ether oxygens (including phenoxy) is 2. The second-order valence-corrected chi connectivity index (χ2v) is 17.5. The zero-order valence-electron chi connectivity index (χ0n) is 36.9. The van der Waals surface area contributed by atoms with Crippen molar-refractivity contribution >= 4 is 41.3 Å². The van der Waals surface area contributed by atoms with Crippen LogP contribution in [0.2, 0.25) is 5.15 Å². The molecule has 63 heavy (non-hydrogen) atoms. The lowest BCUT2D eigenvalue weighted by atomic mass is 9.76. The quantitative estimate of drug-likeness (QED) is 0.0498. The molecule has 1 unspecified atom stereocenters. The van der Waals surface area contributed by atoms with Crippen LogP contribution >= 0.6 is 11.6 Å². The highest BCUT2D eigenvalue weighted by atomic mass is 35.5. The molecule has 0 aliphatic heterocycles. The Kier molecular flexibility index (Phi) is 19.5. The molecular weight excluding hydrogens is 826 g/mol. The molecule has 2 fully saturated rings. The van der Waals surface area contributed by atoms with Crippen LogP contribution in [0.5, 0.6) is 0 Å². The van der Waals surface area contributed by atoms with Gasteiger partial charge in [-0.25, -0.2) is 9.78 Å². The number of aromatic nitrogens is 2. The summed E-state index contributed by atoms with van der Waals surface area (Å²) in [4.78, 5) is 68.6. The second-order valence-electron chi connectivity index (χ2n) is 17.2. The van der Waals surface area contributed by atoms with E-state index in [0.29, 0.717) is 89.1 Å². The maximum Gasteiger partial charge on any atom is 0.336 e. The highest BCUT2D eigenvalue weighted by Gasteiger charge is 2.45. The molecule has 2 aliphatic rings. The topological polar surface area (TPSA) is 198 Å². The normalized spacial score (nSPS) is 17.5.